The number of allylic oxidation sites excluding steroid dienone is 3. The molecule has 27 heteroatoms. The summed E-state index contributed by atoms with van der Waals surface area (Å²) in [7, 11) is 0. The number of hydrogen-bond donors (Lipinski definition) is 16. The minimum Gasteiger partial charge on any atom is -0.478 e. The molecule has 0 aromatic carbocycles. The molecule has 5 saturated heterocycles. The molecule has 10 aliphatic rings. The van der Waals surface area contributed by atoms with Gasteiger partial charge in [-0.1, -0.05) is 52.8 Å². The molecular weight excluding hydrogens is 1150 g/mol. The number of hydrogen-bond acceptors (Lipinski definition) is 26. The zero-order valence-electron chi connectivity index (χ0n) is 50.4. The molecule has 87 heavy (non-hydrogen) atoms. The van der Waals surface area contributed by atoms with E-state index in [9.17, 15) is 86.5 Å². The monoisotopic (exact) mass is 1250 g/mol. The number of rotatable bonds is 18. The van der Waals surface area contributed by atoms with Crippen LogP contribution in [0.15, 0.2) is 23.8 Å². The summed E-state index contributed by atoms with van der Waals surface area (Å²) < 4.78 is 62.0. The minimum absolute atomic E-state index is 0.0225. The normalized spacial score (nSPS) is 53.6. The van der Waals surface area contributed by atoms with E-state index in [2.05, 4.69) is 40.7 Å². The molecule has 34 atom stereocenters. The Morgan fingerprint density at radius 1 is 0.517 bits per heavy atom. The van der Waals surface area contributed by atoms with E-state index in [-0.39, 0.29) is 39.1 Å². The van der Waals surface area contributed by atoms with Gasteiger partial charge in [0.2, 0.25) is 0 Å². The molecule has 2 spiro atoms. The van der Waals surface area contributed by atoms with Crippen molar-refractivity contribution in [1.82, 2.24) is 0 Å². The number of ether oxygens (including phenoxy) is 10. The van der Waals surface area contributed by atoms with E-state index in [0.717, 1.165) is 51.4 Å². The van der Waals surface area contributed by atoms with Crippen LogP contribution in [0, 0.1) is 50.7 Å². The molecule has 27 nitrogen and oxygen atoms in total. The number of carboxylic acids is 1. The lowest BCUT2D eigenvalue weighted by atomic mass is 9.42. The van der Waals surface area contributed by atoms with Crippen molar-refractivity contribution >= 4 is 5.97 Å². The van der Waals surface area contributed by atoms with Crippen LogP contribution in [0.2, 0.25) is 0 Å². The fourth-order valence-electron chi connectivity index (χ4n) is 18.1. The number of fused-ring (bicyclic) bond motifs is 2. The highest BCUT2D eigenvalue weighted by Crippen LogP contribution is 2.89. The highest BCUT2D eigenvalue weighted by molar-refractivity contribution is 5.86. The van der Waals surface area contributed by atoms with Crippen LogP contribution in [0.25, 0.3) is 0 Å². The van der Waals surface area contributed by atoms with Gasteiger partial charge in [0.1, 0.15) is 116 Å². The topological polar surface area (TPSA) is 433 Å². The lowest BCUT2D eigenvalue weighted by Crippen LogP contribution is -2.69. The van der Waals surface area contributed by atoms with Gasteiger partial charge in [-0.05, 0) is 122 Å². The van der Waals surface area contributed by atoms with Crippen molar-refractivity contribution in [2.24, 2.45) is 50.7 Å². The molecular formula is C60H96O27. The zero-order chi connectivity index (χ0) is 63.4. The highest BCUT2D eigenvalue weighted by atomic mass is 16.8. The molecule has 0 aromatic heterocycles. The first-order chi connectivity index (χ1) is 41.0. The van der Waals surface area contributed by atoms with E-state index >= 15 is 0 Å². The second-order valence-electron chi connectivity index (χ2n) is 28.0. The van der Waals surface area contributed by atoms with E-state index in [1.165, 1.54) is 6.92 Å². The van der Waals surface area contributed by atoms with Crippen molar-refractivity contribution in [2.75, 3.05) is 26.4 Å². The van der Waals surface area contributed by atoms with Gasteiger partial charge in [0.25, 0.3) is 0 Å². The fourth-order valence-corrected chi connectivity index (χ4v) is 18.1. The third-order valence-electron chi connectivity index (χ3n) is 23.4. The lowest BCUT2D eigenvalue weighted by molar-refractivity contribution is -0.412. The third kappa shape index (κ3) is 11.5. The van der Waals surface area contributed by atoms with Gasteiger partial charge < -0.3 is 129 Å². The van der Waals surface area contributed by atoms with Crippen LogP contribution in [-0.2, 0) is 52.2 Å². The quantitative estimate of drug-likeness (QED) is 0.0373. The van der Waals surface area contributed by atoms with Crippen molar-refractivity contribution in [3.63, 3.8) is 0 Å². The number of aliphatic carboxylic acids is 1. The number of aliphatic hydroxyl groups is 15. The molecule has 5 heterocycles. The standard InChI is InChI=1S/C60H96O27/c1-24(9-8-10-25(2)50(76)77)27-13-15-58(7)33-12-11-32-56(4,5)34(14-16-59(32)23-60(33,59)18-17-57(27,58)6)84-55-49(47(39(68)30(21-63)82-55)85-53-46(75)42(71)37(66)29(20-62)81-53)87-54-48(86-52-45(74)40(69)35(64)26(3)79-52)43(72)38(67)31(83-54)22-78-51-44(73)41(70)36(65)28(19-61)80-51/h8-10,24,26-49,51-55,61-75H,11-23H2,1-7H3,(H,76,77). The molecule has 0 aromatic rings. The van der Waals surface area contributed by atoms with Gasteiger partial charge in [0, 0.05) is 5.57 Å². The Hall–Kier alpha value is -2.05. The molecule has 0 bridgehead atoms. The number of carboxylic acid groups (broad SMARTS) is 1. The van der Waals surface area contributed by atoms with Gasteiger partial charge in [-0.2, -0.15) is 0 Å². The van der Waals surface area contributed by atoms with Crippen LogP contribution in [0.1, 0.15) is 106 Å². The van der Waals surface area contributed by atoms with Gasteiger partial charge >= 0.3 is 5.97 Å². The van der Waals surface area contributed by atoms with Crippen molar-refractivity contribution in [3.8, 4) is 0 Å². The summed E-state index contributed by atoms with van der Waals surface area (Å²) >= 11 is 0. The Morgan fingerprint density at radius 3 is 1.66 bits per heavy atom. The summed E-state index contributed by atoms with van der Waals surface area (Å²) in [4.78, 5) is 11.5. The molecule has 0 radical (unpaired) electrons. The largest absolute Gasteiger partial charge is 0.478 e. The molecule has 16 N–H and O–H groups in total. The van der Waals surface area contributed by atoms with Gasteiger partial charge in [0.05, 0.1) is 38.6 Å². The van der Waals surface area contributed by atoms with Crippen LogP contribution < -0.4 is 0 Å². The summed E-state index contributed by atoms with van der Waals surface area (Å²) in [5, 5.41) is 174. The Labute approximate surface area is 505 Å². The summed E-state index contributed by atoms with van der Waals surface area (Å²) in [6, 6.07) is 0. The maximum atomic E-state index is 12.2. The van der Waals surface area contributed by atoms with E-state index in [1.54, 1.807) is 13.0 Å². The lowest BCUT2D eigenvalue weighted by Gasteiger charge is -2.63. The van der Waals surface area contributed by atoms with Crippen LogP contribution >= 0.6 is 0 Å². The summed E-state index contributed by atoms with van der Waals surface area (Å²) in [5.74, 6) is 0.283. The van der Waals surface area contributed by atoms with E-state index in [0.29, 0.717) is 18.3 Å². The zero-order valence-corrected chi connectivity index (χ0v) is 50.4. The first-order valence-electron chi connectivity index (χ1n) is 31.1. The molecule has 5 saturated carbocycles. The average Bonchev–Trinajstić information content (AvgIpc) is 1.47. The van der Waals surface area contributed by atoms with Crippen molar-refractivity contribution < 1.29 is 134 Å². The van der Waals surface area contributed by atoms with Gasteiger partial charge in [0.15, 0.2) is 31.5 Å². The molecule has 0 amide bonds. The smallest absolute Gasteiger partial charge is 0.331 e. The van der Waals surface area contributed by atoms with Crippen molar-refractivity contribution in [3.05, 3.63) is 23.8 Å². The molecule has 5 aliphatic heterocycles. The summed E-state index contributed by atoms with van der Waals surface area (Å²) in [6.07, 6.45) is -31.6. The van der Waals surface area contributed by atoms with Gasteiger partial charge in [-0.3, -0.25) is 0 Å². The Morgan fingerprint density at radius 2 is 1.02 bits per heavy atom. The van der Waals surface area contributed by atoms with Crippen molar-refractivity contribution in [1.29, 1.82) is 0 Å². The molecule has 5 aliphatic carbocycles. The summed E-state index contributed by atoms with van der Waals surface area (Å²) in [5.41, 5.74) is -0.178. The molecule has 10 rings (SSSR count). The van der Waals surface area contributed by atoms with Gasteiger partial charge in [-0.25, -0.2) is 4.79 Å². The molecule has 498 valence electrons. The maximum absolute atomic E-state index is 12.2. The van der Waals surface area contributed by atoms with Crippen LogP contribution in [-0.4, -0.2) is 274 Å². The first-order valence-corrected chi connectivity index (χ1v) is 31.1. The van der Waals surface area contributed by atoms with Gasteiger partial charge in [-0.15, -0.1) is 0 Å². The average molecular weight is 1250 g/mol. The van der Waals surface area contributed by atoms with Crippen LogP contribution in [0.3, 0.4) is 0 Å². The number of carbonyl (C=O) groups is 1. The maximum Gasteiger partial charge on any atom is 0.331 e. The van der Waals surface area contributed by atoms with E-state index in [1.807, 2.05) is 6.08 Å². The molecule has 34 unspecified atom stereocenters. The third-order valence-corrected chi connectivity index (χ3v) is 23.4. The Balaban J connectivity index is 0.958. The van der Waals surface area contributed by atoms with Crippen LogP contribution in [0.5, 0.6) is 0 Å². The van der Waals surface area contributed by atoms with E-state index in [4.69, 9.17) is 47.4 Å². The Kier molecular flexibility index (Phi) is 20.0. The predicted octanol–water partition coefficient (Wildman–Crippen LogP) is -2.84. The Bertz CT molecular complexity index is 2430. The summed E-state index contributed by atoms with van der Waals surface area (Å²) in [6.45, 7) is 11.2. The van der Waals surface area contributed by atoms with Crippen molar-refractivity contribution in [2.45, 2.75) is 266 Å². The predicted molar refractivity (Wildman–Crippen MR) is 294 cm³/mol. The SMILES string of the molecule is CC(=CC=CC(C)C1CCC2(C)C3CCC4C(C)(C)C(OC5OC(CO)C(O)C(OC6OC(CO)C(O)C(O)C6O)C5OC5OC(COC6OC(CO)C(O)C(O)C6O)C(O)C(O)C5OC5OC(C)C(O)C(O)C5O)CCC45CC35CCC12C)C(=O)O. The fraction of sp³-hybridized carbons (Fsp3) is 0.917. The van der Waals surface area contributed by atoms with E-state index < -0.39 is 197 Å². The first kappa shape index (κ1) is 67.8. The molecule has 10 fully saturated rings. The highest BCUT2D eigenvalue weighted by Gasteiger charge is 2.82. The second kappa shape index (κ2) is 25.7. The number of aliphatic hydroxyl groups excluding tert-OH is 15. The second-order valence-corrected chi connectivity index (χ2v) is 28.0. The minimum atomic E-state index is -2.12. The van der Waals surface area contributed by atoms with Crippen LogP contribution in [0.4, 0.5) is 0 Å².